The van der Waals surface area contributed by atoms with E-state index >= 15 is 0 Å². The predicted octanol–water partition coefficient (Wildman–Crippen LogP) is 2.43. The smallest absolute Gasteiger partial charge is 0.155 e. The largest absolute Gasteiger partial charge is 0.352 e. The topological polar surface area (TPSA) is 18.5 Å². The zero-order valence-electron chi connectivity index (χ0n) is 8.76. The average Bonchev–Trinajstić information content (AvgIpc) is 1.94. The molecule has 72 valence electrons. The van der Waals surface area contributed by atoms with Crippen LogP contribution in [0.1, 0.15) is 34.6 Å². The van der Waals surface area contributed by atoms with Gasteiger partial charge in [-0.25, -0.2) is 0 Å². The molecule has 1 saturated heterocycles. The van der Waals surface area contributed by atoms with Gasteiger partial charge in [-0.15, -0.1) is 0 Å². The third-order valence-electron chi connectivity index (χ3n) is 2.40. The molecule has 1 heterocycles. The van der Waals surface area contributed by atoms with Crippen LogP contribution in [-0.4, -0.2) is 19.0 Å². The Morgan fingerprint density at radius 1 is 1.33 bits per heavy atom. The van der Waals surface area contributed by atoms with Crippen LogP contribution >= 0.6 is 0 Å². The van der Waals surface area contributed by atoms with E-state index in [2.05, 4.69) is 27.7 Å². The summed E-state index contributed by atoms with van der Waals surface area (Å²) in [6.07, 6.45) is 0.284. The van der Waals surface area contributed by atoms with Crippen molar-refractivity contribution in [3.05, 3.63) is 0 Å². The van der Waals surface area contributed by atoms with E-state index in [0.717, 1.165) is 6.61 Å². The molecule has 2 nitrogen and oxygen atoms in total. The van der Waals surface area contributed by atoms with Crippen LogP contribution in [0.3, 0.4) is 0 Å². The molecule has 1 rings (SSSR count). The predicted molar refractivity (Wildman–Crippen MR) is 48.9 cm³/mol. The molecule has 2 heteroatoms. The zero-order chi connectivity index (χ0) is 9.35. The van der Waals surface area contributed by atoms with Crippen molar-refractivity contribution in [2.75, 3.05) is 6.61 Å². The summed E-state index contributed by atoms with van der Waals surface area (Å²) in [7, 11) is 0. The molecular formula is C10H20O2. The Kier molecular flexibility index (Phi) is 2.79. The van der Waals surface area contributed by atoms with Crippen LogP contribution in [0.25, 0.3) is 0 Å². The highest BCUT2D eigenvalue weighted by Gasteiger charge is 2.38. The van der Waals surface area contributed by atoms with Gasteiger partial charge in [0.2, 0.25) is 0 Å². The van der Waals surface area contributed by atoms with Gasteiger partial charge in [-0.1, -0.05) is 27.7 Å². The van der Waals surface area contributed by atoms with Gasteiger partial charge in [0.1, 0.15) is 0 Å². The van der Waals surface area contributed by atoms with Gasteiger partial charge >= 0.3 is 0 Å². The van der Waals surface area contributed by atoms with Crippen LogP contribution in [0.4, 0.5) is 0 Å². The molecule has 0 bridgehead atoms. The molecule has 1 fully saturated rings. The molecule has 0 aromatic heterocycles. The van der Waals surface area contributed by atoms with E-state index in [9.17, 15) is 0 Å². The van der Waals surface area contributed by atoms with Crippen LogP contribution in [0.5, 0.6) is 0 Å². The molecule has 0 aromatic rings. The van der Waals surface area contributed by atoms with Gasteiger partial charge in [-0.05, 0) is 12.8 Å². The lowest BCUT2D eigenvalue weighted by atomic mass is 9.81. The quantitative estimate of drug-likeness (QED) is 0.604. The lowest BCUT2D eigenvalue weighted by Gasteiger charge is -2.43. The number of hydrogen-bond acceptors (Lipinski definition) is 2. The Hall–Kier alpha value is -0.0800. The molecule has 0 amide bonds. The highest BCUT2D eigenvalue weighted by molar-refractivity contribution is 4.83. The molecule has 1 aliphatic heterocycles. The molecule has 2 atom stereocenters. The summed E-state index contributed by atoms with van der Waals surface area (Å²) in [6, 6.07) is 0. The van der Waals surface area contributed by atoms with Crippen LogP contribution in [-0.2, 0) is 9.47 Å². The monoisotopic (exact) mass is 172 g/mol. The summed E-state index contributed by atoms with van der Waals surface area (Å²) in [5.41, 5.74) is 0.153. The standard InChI is InChI=1S/C10H20O2/c1-7(2)9-10(4,5)6-11-8(3)12-9/h7-9H,6H2,1-5H3. The number of hydrogen-bond donors (Lipinski definition) is 0. The fraction of sp³-hybridized carbons (Fsp3) is 1.00. The minimum atomic E-state index is -0.0366. The van der Waals surface area contributed by atoms with Gasteiger partial charge in [0.05, 0.1) is 12.7 Å². The fourth-order valence-electron chi connectivity index (χ4n) is 1.90. The fourth-order valence-corrected chi connectivity index (χ4v) is 1.90. The Morgan fingerprint density at radius 3 is 2.33 bits per heavy atom. The maximum atomic E-state index is 5.74. The van der Waals surface area contributed by atoms with Crippen molar-refractivity contribution >= 4 is 0 Å². The second-order valence-electron chi connectivity index (χ2n) is 4.67. The first-order valence-corrected chi connectivity index (χ1v) is 4.70. The normalized spacial score (nSPS) is 35.5. The first-order chi connectivity index (χ1) is 5.43. The Bertz CT molecular complexity index is 152. The third-order valence-corrected chi connectivity index (χ3v) is 2.40. The molecule has 0 saturated carbocycles. The van der Waals surface area contributed by atoms with E-state index < -0.39 is 0 Å². The van der Waals surface area contributed by atoms with Crippen molar-refractivity contribution in [3.8, 4) is 0 Å². The van der Waals surface area contributed by atoms with E-state index in [4.69, 9.17) is 9.47 Å². The van der Waals surface area contributed by atoms with Gasteiger partial charge in [-0.2, -0.15) is 0 Å². The molecule has 0 spiro atoms. The zero-order valence-corrected chi connectivity index (χ0v) is 8.76. The number of ether oxygens (including phenoxy) is 2. The maximum absolute atomic E-state index is 5.74. The second kappa shape index (κ2) is 3.35. The van der Waals surface area contributed by atoms with Crippen molar-refractivity contribution in [3.63, 3.8) is 0 Å². The summed E-state index contributed by atoms with van der Waals surface area (Å²) < 4.78 is 11.2. The Labute approximate surface area is 75.2 Å². The summed E-state index contributed by atoms with van der Waals surface area (Å²) in [5, 5.41) is 0. The van der Waals surface area contributed by atoms with E-state index in [-0.39, 0.29) is 11.7 Å². The minimum Gasteiger partial charge on any atom is -0.352 e. The van der Waals surface area contributed by atoms with Crippen LogP contribution in [0, 0.1) is 11.3 Å². The van der Waals surface area contributed by atoms with Crippen molar-refractivity contribution in [1.82, 2.24) is 0 Å². The van der Waals surface area contributed by atoms with Crippen molar-refractivity contribution < 1.29 is 9.47 Å². The number of rotatable bonds is 1. The van der Waals surface area contributed by atoms with Gasteiger partial charge in [0.15, 0.2) is 6.29 Å². The highest BCUT2D eigenvalue weighted by atomic mass is 16.7. The molecule has 0 radical (unpaired) electrons. The SMILES string of the molecule is CC1OCC(C)(C)C(C(C)C)O1. The van der Waals surface area contributed by atoms with E-state index in [1.54, 1.807) is 0 Å². The Morgan fingerprint density at radius 2 is 1.92 bits per heavy atom. The average molecular weight is 172 g/mol. The van der Waals surface area contributed by atoms with Gasteiger partial charge < -0.3 is 9.47 Å². The Balaban J connectivity index is 2.65. The van der Waals surface area contributed by atoms with Crippen molar-refractivity contribution in [1.29, 1.82) is 0 Å². The molecule has 2 unspecified atom stereocenters. The summed E-state index contributed by atoms with van der Waals surface area (Å²) >= 11 is 0. The first-order valence-electron chi connectivity index (χ1n) is 4.70. The van der Waals surface area contributed by atoms with Gasteiger partial charge in [0, 0.05) is 5.41 Å². The van der Waals surface area contributed by atoms with Crippen LogP contribution in [0.15, 0.2) is 0 Å². The summed E-state index contributed by atoms with van der Waals surface area (Å²) in [6.45, 7) is 11.6. The molecule has 1 aliphatic rings. The van der Waals surface area contributed by atoms with Crippen LogP contribution in [0.2, 0.25) is 0 Å². The molecule has 0 aromatic carbocycles. The molecule has 12 heavy (non-hydrogen) atoms. The van der Waals surface area contributed by atoms with Crippen molar-refractivity contribution in [2.24, 2.45) is 11.3 Å². The third kappa shape index (κ3) is 1.99. The second-order valence-corrected chi connectivity index (χ2v) is 4.67. The van der Waals surface area contributed by atoms with Crippen LogP contribution < -0.4 is 0 Å². The summed E-state index contributed by atoms with van der Waals surface area (Å²) in [5.74, 6) is 0.561. The first kappa shape index (κ1) is 10.0. The van der Waals surface area contributed by atoms with E-state index in [1.165, 1.54) is 0 Å². The maximum Gasteiger partial charge on any atom is 0.155 e. The highest BCUT2D eigenvalue weighted by Crippen LogP contribution is 2.34. The molecule has 0 aliphatic carbocycles. The van der Waals surface area contributed by atoms with Gasteiger partial charge in [-0.3, -0.25) is 0 Å². The molecule has 0 N–H and O–H groups in total. The minimum absolute atomic E-state index is 0.0366. The molecular weight excluding hydrogens is 152 g/mol. The van der Waals surface area contributed by atoms with Gasteiger partial charge in [0.25, 0.3) is 0 Å². The van der Waals surface area contributed by atoms with Crippen molar-refractivity contribution in [2.45, 2.75) is 47.0 Å². The van der Waals surface area contributed by atoms with E-state index in [0.29, 0.717) is 12.0 Å². The van der Waals surface area contributed by atoms with E-state index in [1.807, 2.05) is 6.92 Å². The summed E-state index contributed by atoms with van der Waals surface area (Å²) in [4.78, 5) is 0. The lowest BCUT2D eigenvalue weighted by Crippen LogP contribution is -2.47. The lowest BCUT2D eigenvalue weighted by molar-refractivity contribution is -0.261.